The number of hydrogen-bond donors (Lipinski definition) is 2. The van der Waals surface area contributed by atoms with E-state index in [9.17, 15) is 18.9 Å². The molecule has 1 heterocycles. The van der Waals surface area contributed by atoms with Crippen molar-refractivity contribution in [3.8, 4) is 0 Å². The number of amides is 2. The number of aliphatic hydroxyl groups is 1. The van der Waals surface area contributed by atoms with Gasteiger partial charge in [-0.15, -0.1) is 0 Å². The molecule has 1 saturated heterocycles. The van der Waals surface area contributed by atoms with E-state index in [1.807, 2.05) is 30.3 Å². The molecule has 1 aliphatic rings. The fourth-order valence-corrected chi connectivity index (χ4v) is 4.71. The van der Waals surface area contributed by atoms with E-state index in [2.05, 4.69) is 5.32 Å². The molecule has 1 fully saturated rings. The molecule has 8 heteroatoms. The third-order valence-corrected chi connectivity index (χ3v) is 6.55. The van der Waals surface area contributed by atoms with Gasteiger partial charge in [0.05, 0.1) is 10.8 Å². The lowest BCUT2D eigenvalue weighted by Crippen LogP contribution is -2.64. The maximum absolute atomic E-state index is 13.3. The average molecular weight is 459 g/mol. The molecule has 2 amide bonds. The number of benzene rings is 2. The maximum Gasteiger partial charge on any atom is 0.412 e. The van der Waals surface area contributed by atoms with Crippen LogP contribution < -0.4 is 5.32 Å². The molecule has 2 atom stereocenters. The monoisotopic (exact) mass is 458 g/mol. The highest BCUT2D eigenvalue weighted by atomic mass is 32.2. The summed E-state index contributed by atoms with van der Waals surface area (Å²) in [5.74, 6) is -0.628. The lowest BCUT2D eigenvalue weighted by molar-refractivity contribution is -0.142. The van der Waals surface area contributed by atoms with Crippen LogP contribution in [0.15, 0.2) is 59.5 Å². The van der Waals surface area contributed by atoms with Crippen LogP contribution >= 0.6 is 0 Å². The minimum absolute atomic E-state index is 0.0903. The number of ether oxygens (including phenoxy) is 1. The summed E-state index contributed by atoms with van der Waals surface area (Å²) in [7, 11) is -1.36. The van der Waals surface area contributed by atoms with Crippen molar-refractivity contribution in [1.29, 1.82) is 0 Å². The first kappa shape index (κ1) is 23.9. The molecule has 2 aromatic rings. The molecule has 172 valence electrons. The summed E-state index contributed by atoms with van der Waals surface area (Å²) < 4.78 is 18.1. The second-order valence-corrected chi connectivity index (χ2v) is 9.82. The highest BCUT2D eigenvalue weighted by molar-refractivity contribution is 7.84. The summed E-state index contributed by atoms with van der Waals surface area (Å²) in [4.78, 5) is 28.2. The van der Waals surface area contributed by atoms with Gasteiger partial charge in [0.1, 0.15) is 17.9 Å². The van der Waals surface area contributed by atoms with Crippen molar-refractivity contribution < 1.29 is 23.6 Å². The highest BCUT2D eigenvalue weighted by Gasteiger charge is 2.48. The van der Waals surface area contributed by atoms with Gasteiger partial charge in [-0.1, -0.05) is 48.5 Å². The number of piperidine rings is 1. The molecule has 0 radical (unpaired) electrons. The van der Waals surface area contributed by atoms with E-state index in [-0.39, 0.29) is 6.61 Å². The van der Waals surface area contributed by atoms with Crippen LogP contribution in [0.1, 0.15) is 44.2 Å². The Morgan fingerprint density at radius 1 is 1.12 bits per heavy atom. The van der Waals surface area contributed by atoms with Crippen molar-refractivity contribution in [2.45, 2.75) is 55.9 Å². The SMILES string of the molecule is CS(=O)c1ccccc1C1(NC(=O)C(C)(C)O)CCCCN1C(=O)OCc1ccccc1. The lowest BCUT2D eigenvalue weighted by atomic mass is 9.87. The Bertz CT molecular complexity index is 989. The van der Waals surface area contributed by atoms with E-state index in [0.29, 0.717) is 23.4 Å². The van der Waals surface area contributed by atoms with Crippen LogP contribution in [0.4, 0.5) is 4.79 Å². The molecule has 0 aromatic heterocycles. The third kappa shape index (κ3) is 5.19. The van der Waals surface area contributed by atoms with E-state index in [1.54, 1.807) is 30.5 Å². The molecular formula is C24H30N2O5S. The lowest BCUT2D eigenvalue weighted by Gasteiger charge is -2.48. The summed E-state index contributed by atoms with van der Waals surface area (Å²) >= 11 is 0. The van der Waals surface area contributed by atoms with Crippen LogP contribution in [0.5, 0.6) is 0 Å². The summed E-state index contributed by atoms with van der Waals surface area (Å²) in [6.07, 6.45) is 2.85. The van der Waals surface area contributed by atoms with E-state index in [4.69, 9.17) is 4.74 Å². The van der Waals surface area contributed by atoms with E-state index in [0.717, 1.165) is 18.4 Å². The summed E-state index contributed by atoms with van der Waals surface area (Å²) in [5.41, 5.74) is -1.54. The van der Waals surface area contributed by atoms with E-state index in [1.165, 1.54) is 18.7 Å². The summed E-state index contributed by atoms with van der Waals surface area (Å²) in [6, 6.07) is 16.4. The number of nitrogens with zero attached hydrogens (tertiary/aromatic N) is 1. The molecule has 0 bridgehead atoms. The van der Waals surface area contributed by atoms with Gasteiger partial charge in [0.15, 0.2) is 0 Å². The van der Waals surface area contributed by atoms with Gasteiger partial charge < -0.3 is 15.2 Å². The molecule has 32 heavy (non-hydrogen) atoms. The van der Waals surface area contributed by atoms with Crippen LogP contribution in [-0.2, 0) is 32.6 Å². The maximum atomic E-state index is 13.3. The highest BCUT2D eigenvalue weighted by Crippen LogP contribution is 2.39. The minimum atomic E-state index is -1.66. The van der Waals surface area contributed by atoms with Crippen molar-refractivity contribution in [3.05, 3.63) is 65.7 Å². The topological polar surface area (TPSA) is 95.9 Å². The van der Waals surface area contributed by atoms with Crippen LogP contribution in [0.25, 0.3) is 0 Å². The first-order chi connectivity index (χ1) is 15.1. The second kappa shape index (κ2) is 9.83. The number of hydrogen-bond acceptors (Lipinski definition) is 5. The quantitative estimate of drug-likeness (QED) is 0.693. The number of carbonyl (C=O) groups is 2. The zero-order valence-electron chi connectivity index (χ0n) is 18.7. The fraction of sp³-hybridized carbons (Fsp3) is 0.417. The van der Waals surface area contributed by atoms with Gasteiger partial charge in [0, 0.05) is 23.3 Å². The van der Waals surface area contributed by atoms with Crippen molar-refractivity contribution in [1.82, 2.24) is 10.2 Å². The van der Waals surface area contributed by atoms with Crippen molar-refractivity contribution in [3.63, 3.8) is 0 Å². The number of likely N-dealkylation sites (tertiary alicyclic amines) is 1. The van der Waals surface area contributed by atoms with Gasteiger partial charge in [-0.05, 0) is 44.7 Å². The van der Waals surface area contributed by atoms with Gasteiger partial charge in [0.25, 0.3) is 5.91 Å². The van der Waals surface area contributed by atoms with Gasteiger partial charge in [0.2, 0.25) is 0 Å². The third-order valence-electron chi connectivity index (χ3n) is 5.57. The minimum Gasteiger partial charge on any atom is -0.444 e. The fourth-order valence-electron chi connectivity index (χ4n) is 3.90. The predicted molar refractivity (Wildman–Crippen MR) is 122 cm³/mol. The summed E-state index contributed by atoms with van der Waals surface area (Å²) in [5, 5.41) is 13.2. The van der Waals surface area contributed by atoms with Crippen LogP contribution in [0.3, 0.4) is 0 Å². The van der Waals surface area contributed by atoms with Gasteiger partial charge >= 0.3 is 6.09 Å². The Balaban J connectivity index is 2.03. The molecule has 0 spiro atoms. The van der Waals surface area contributed by atoms with Crippen molar-refractivity contribution >= 4 is 22.8 Å². The smallest absolute Gasteiger partial charge is 0.412 e. The average Bonchev–Trinajstić information content (AvgIpc) is 2.77. The van der Waals surface area contributed by atoms with Gasteiger partial charge in [-0.3, -0.25) is 13.9 Å². The Morgan fingerprint density at radius 3 is 2.44 bits per heavy atom. The van der Waals surface area contributed by atoms with Gasteiger partial charge in [-0.2, -0.15) is 0 Å². The molecule has 0 saturated carbocycles. The van der Waals surface area contributed by atoms with Crippen LogP contribution in [0.2, 0.25) is 0 Å². The molecule has 3 rings (SSSR count). The first-order valence-electron chi connectivity index (χ1n) is 10.6. The normalized spacial score (nSPS) is 19.8. The van der Waals surface area contributed by atoms with E-state index < -0.39 is 34.1 Å². The molecule has 0 aliphatic carbocycles. The van der Waals surface area contributed by atoms with Crippen LogP contribution in [-0.4, -0.2) is 44.6 Å². The predicted octanol–water partition coefficient (Wildman–Crippen LogP) is 3.29. The number of rotatable bonds is 6. The van der Waals surface area contributed by atoms with Gasteiger partial charge in [-0.25, -0.2) is 4.79 Å². The Hall–Kier alpha value is -2.71. The summed E-state index contributed by atoms with van der Waals surface area (Å²) in [6.45, 7) is 3.22. The largest absolute Gasteiger partial charge is 0.444 e. The molecule has 2 aromatic carbocycles. The van der Waals surface area contributed by atoms with Crippen molar-refractivity contribution in [2.24, 2.45) is 0 Å². The zero-order chi connectivity index (χ0) is 23.4. The first-order valence-corrected chi connectivity index (χ1v) is 12.2. The number of carbonyl (C=O) groups excluding carboxylic acids is 2. The Morgan fingerprint density at radius 2 is 1.78 bits per heavy atom. The molecule has 2 N–H and O–H groups in total. The Kier molecular flexibility index (Phi) is 7.36. The Labute approximate surface area is 191 Å². The molecule has 7 nitrogen and oxygen atoms in total. The van der Waals surface area contributed by atoms with Crippen molar-refractivity contribution in [2.75, 3.05) is 12.8 Å². The molecular weight excluding hydrogens is 428 g/mol. The zero-order valence-corrected chi connectivity index (χ0v) is 19.5. The molecule has 2 unspecified atom stereocenters. The molecule has 1 aliphatic heterocycles. The standard InChI is InChI=1S/C24H30N2O5S/c1-23(2,29)21(27)25-24(19-13-7-8-14-20(19)32(3)30)15-9-10-16-26(24)22(28)31-17-18-11-5-4-6-12-18/h4-8,11-14,29H,9-10,15-17H2,1-3H3,(H,25,27). The van der Waals surface area contributed by atoms with Crippen LogP contribution in [0, 0.1) is 0 Å². The number of nitrogens with one attached hydrogen (secondary N) is 1. The van der Waals surface area contributed by atoms with E-state index >= 15 is 0 Å². The second-order valence-electron chi connectivity index (χ2n) is 8.47.